The number of nitrogens with one attached hydrogen (secondary N) is 1. The third-order valence-electron chi connectivity index (χ3n) is 3.13. The molecule has 21 heavy (non-hydrogen) atoms. The molecule has 0 aromatic heterocycles. The fourth-order valence-corrected chi connectivity index (χ4v) is 1.90. The molecular formula is C16H21NO4. The number of ketones is 1. The van der Waals surface area contributed by atoms with Crippen molar-refractivity contribution in [2.75, 3.05) is 7.11 Å². The summed E-state index contributed by atoms with van der Waals surface area (Å²) in [6.07, 6.45) is 1.13. The number of carbonyl (C=O) groups is 3. The fourth-order valence-electron chi connectivity index (χ4n) is 1.90. The Balaban J connectivity index is 2.57. The maximum absolute atomic E-state index is 12.0. The first kappa shape index (κ1) is 16.9. The van der Waals surface area contributed by atoms with Crippen LogP contribution in [0.3, 0.4) is 0 Å². The van der Waals surface area contributed by atoms with E-state index < -0.39 is 12.0 Å². The van der Waals surface area contributed by atoms with Gasteiger partial charge in [0.1, 0.15) is 11.8 Å². The van der Waals surface area contributed by atoms with Crippen LogP contribution in [0.1, 0.15) is 31.7 Å². The Morgan fingerprint density at radius 3 is 2.43 bits per heavy atom. The lowest BCUT2D eigenvalue weighted by molar-refractivity contribution is -0.145. The van der Waals surface area contributed by atoms with E-state index >= 15 is 0 Å². The molecule has 0 saturated carbocycles. The summed E-state index contributed by atoms with van der Waals surface area (Å²) >= 11 is 0. The molecule has 5 heteroatoms. The van der Waals surface area contributed by atoms with Crippen molar-refractivity contribution < 1.29 is 19.1 Å². The highest BCUT2D eigenvalue weighted by Gasteiger charge is 2.22. The molecule has 114 valence electrons. The van der Waals surface area contributed by atoms with E-state index in [1.165, 1.54) is 7.11 Å². The van der Waals surface area contributed by atoms with Crippen LogP contribution in [0.2, 0.25) is 0 Å². The predicted octanol–water partition coefficient (Wildman–Crippen LogP) is 1.65. The van der Waals surface area contributed by atoms with E-state index in [2.05, 4.69) is 10.1 Å². The molecule has 0 aliphatic rings. The van der Waals surface area contributed by atoms with E-state index in [4.69, 9.17) is 0 Å². The van der Waals surface area contributed by atoms with Crippen LogP contribution in [-0.2, 0) is 25.5 Å². The van der Waals surface area contributed by atoms with Crippen LogP contribution in [0.4, 0.5) is 0 Å². The van der Waals surface area contributed by atoms with Crippen LogP contribution >= 0.6 is 0 Å². The maximum atomic E-state index is 12.0. The zero-order chi connectivity index (χ0) is 15.7. The van der Waals surface area contributed by atoms with Crippen molar-refractivity contribution in [3.8, 4) is 0 Å². The Bertz CT molecular complexity index is 484. The summed E-state index contributed by atoms with van der Waals surface area (Å²) in [6.45, 7) is 1.77. The van der Waals surface area contributed by atoms with E-state index in [1.54, 1.807) is 6.92 Å². The Kier molecular flexibility index (Phi) is 7.15. The summed E-state index contributed by atoms with van der Waals surface area (Å²) in [6, 6.07) is 8.47. The summed E-state index contributed by atoms with van der Waals surface area (Å²) in [4.78, 5) is 34.9. The lowest BCUT2D eigenvalue weighted by Crippen LogP contribution is -2.42. The molecule has 1 amide bonds. The smallest absolute Gasteiger partial charge is 0.328 e. The highest BCUT2D eigenvalue weighted by molar-refractivity contribution is 5.86. The molecule has 0 aliphatic carbocycles. The van der Waals surface area contributed by atoms with Gasteiger partial charge in [-0.25, -0.2) is 4.79 Å². The predicted molar refractivity (Wildman–Crippen MR) is 78.6 cm³/mol. The zero-order valence-corrected chi connectivity index (χ0v) is 12.4. The number of Topliss-reactive ketones (excluding diaryl/α,β-unsaturated/α-hetero) is 1. The van der Waals surface area contributed by atoms with Crippen LogP contribution < -0.4 is 5.32 Å². The SMILES string of the molecule is CCC(=O)CC[C@H](NC(=O)Cc1ccccc1)C(=O)OC. The molecule has 1 N–H and O–H groups in total. The molecule has 0 radical (unpaired) electrons. The van der Waals surface area contributed by atoms with Gasteiger partial charge >= 0.3 is 5.97 Å². The highest BCUT2D eigenvalue weighted by Crippen LogP contribution is 2.05. The van der Waals surface area contributed by atoms with Crippen LogP contribution in [0, 0.1) is 0 Å². The van der Waals surface area contributed by atoms with Crippen molar-refractivity contribution in [1.82, 2.24) is 5.32 Å². The summed E-state index contributed by atoms with van der Waals surface area (Å²) in [5, 5.41) is 2.63. The lowest BCUT2D eigenvalue weighted by Gasteiger charge is -2.16. The van der Waals surface area contributed by atoms with Crippen molar-refractivity contribution in [2.24, 2.45) is 0 Å². The first-order valence-corrected chi connectivity index (χ1v) is 6.99. The highest BCUT2D eigenvalue weighted by atomic mass is 16.5. The van der Waals surface area contributed by atoms with Crippen LogP contribution in [0.5, 0.6) is 0 Å². The van der Waals surface area contributed by atoms with Gasteiger partial charge in [0.2, 0.25) is 5.91 Å². The summed E-state index contributed by atoms with van der Waals surface area (Å²) in [7, 11) is 1.26. The zero-order valence-electron chi connectivity index (χ0n) is 12.4. The number of methoxy groups -OCH3 is 1. The average molecular weight is 291 g/mol. The Morgan fingerprint density at radius 2 is 1.86 bits per heavy atom. The second kappa shape index (κ2) is 8.89. The van der Waals surface area contributed by atoms with Gasteiger partial charge in [-0.3, -0.25) is 9.59 Å². The Morgan fingerprint density at radius 1 is 1.19 bits per heavy atom. The summed E-state index contributed by atoms with van der Waals surface area (Å²) in [5.41, 5.74) is 0.864. The number of benzene rings is 1. The minimum atomic E-state index is -0.776. The first-order valence-electron chi connectivity index (χ1n) is 6.99. The van der Waals surface area contributed by atoms with Crippen molar-refractivity contribution >= 4 is 17.7 Å². The number of carbonyl (C=O) groups excluding carboxylic acids is 3. The monoisotopic (exact) mass is 291 g/mol. The number of rotatable bonds is 8. The molecule has 0 fully saturated rings. The molecule has 0 saturated heterocycles. The number of hydrogen-bond acceptors (Lipinski definition) is 4. The number of hydrogen-bond donors (Lipinski definition) is 1. The van der Waals surface area contributed by atoms with Gasteiger partial charge in [0.15, 0.2) is 0 Å². The standard InChI is InChI=1S/C16H21NO4/c1-3-13(18)9-10-14(16(20)21-2)17-15(19)11-12-7-5-4-6-8-12/h4-8,14H,3,9-11H2,1-2H3,(H,17,19)/t14-/m0/s1. The Hall–Kier alpha value is -2.17. The topological polar surface area (TPSA) is 72.5 Å². The second-order valence-electron chi connectivity index (χ2n) is 4.74. The van der Waals surface area contributed by atoms with E-state index in [0.717, 1.165) is 5.56 Å². The molecule has 1 aromatic carbocycles. The minimum absolute atomic E-state index is 0.0567. The third-order valence-corrected chi connectivity index (χ3v) is 3.13. The van der Waals surface area contributed by atoms with E-state index in [-0.39, 0.29) is 31.0 Å². The van der Waals surface area contributed by atoms with Crippen LogP contribution in [0.25, 0.3) is 0 Å². The van der Waals surface area contributed by atoms with Gasteiger partial charge in [0, 0.05) is 12.8 Å². The normalized spacial score (nSPS) is 11.5. The Labute approximate surface area is 124 Å². The molecule has 0 spiro atoms. The molecule has 0 bridgehead atoms. The van der Waals surface area contributed by atoms with Gasteiger partial charge in [-0.2, -0.15) is 0 Å². The largest absolute Gasteiger partial charge is 0.467 e. The molecule has 1 aromatic rings. The number of amides is 1. The van der Waals surface area contributed by atoms with Gasteiger partial charge in [-0.05, 0) is 12.0 Å². The van der Waals surface area contributed by atoms with Gasteiger partial charge in [0.25, 0.3) is 0 Å². The van der Waals surface area contributed by atoms with Gasteiger partial charge < -0.3 is 10.1 Å². The molecule has 0 aliphatic heterocycles. The summed E-state index contributed by atoms with van der Waals surface area (Å²) < 4.78 is 4.66. The van der Waals surface area contributed by atoms with Crippen molar-refractivity contribution in [3.63, 3.8) is 0 Å². The first-order chi connectivity index (χ1) is 10.1. The quantitative estimate of drug-likeness (QED) is 0.739. The number of ether oxygens (including phenoxy) is 1. The minimum Gasteiger partial charge on any atom is -0.467 e. The van der Waals surface area contributed by atoms with Crippen molar-refractivity contribution in [1.29, 1.82) is 0 Å². The average Bonchev–Trinajstić information content (AvgIpc) is 2.51. The number of esters is 1. The second-order valence-corrected chi connectivity index (χ2v) is 4.74. The van der Waals surface area contributed by atoms with Gasteiger partial charge in [-0.1, -0.05) is 37.3 Å². The van der Waals surface area contributed by atoms with Crippen LogP contribution in [-0.4, -0.2) is 30.8 Å². The molecule has 0 unspecified atom stereocenters. The van der Waals surface area contributed by atoms with Crippen molar-refractivity contribution in [2.45, 2.75) is 38.6 Å². The van der Waals surface area contributed by atoms with E-state index in [0.29, 0.717) is 6.42 Å². The van der Waals surface area contributed by atoms with Gasteiger partial charge in [-0.15, -0.1) is 0 Å². The molecule has 0 heterocycles. The van der Waals surface area contributed by atoms with Crippen molar-refractivity contribution in [3.05, 3.63) is 35.9 Å². The molecular weight excluding hydrogens is 270 g/mol. The van der Waals surface area contributed by atoms with Crippen LogP contribution in [0.15, 0.2) is 30.3 Å². The molecule has 5 nitrogen and oxygen atoms in total. The lowest BCUT2D eigenvalue weighted by atomic mass is 10.1. The molecule has 1 rings (SSSR count). The maximum Gasteiger partial charge on any atom is 0.328 e. The molecule has 1 atom stereocenters. The van der Waals surface area contributed by atoms with E-state index in [1.807, 2.05) is 30.3 Å². The van der Waals surface area contributed by atoms with Gasteiger partial charge in [0.05, 0.1) is 13.5 Å². The summed E-state index contributed by atoms with van der Waals surface area (Å²) in [5.74, 6) is -0.734. The van der Waals surface area contributed by atoms with E-state index in [9.17, 15) is 14.4 Å². The fraction of sp³-hybridized carbons (Fsp3) is 0.438. The third kappa shape index (κ3) is 6.21.